The van der Waals surface area contributed by atoms with Crippen LogP contribution in [0, 0.1) is 0 Å². The summed E-state index contributed by atoms with van der Waals surface area (Å²) >= 11 is 3.48. The second-order valence-electron chi connectivity index (χ2n) is 5.58. The molecule has 0 spiro atoms. The van der Waals surface area contributed by atoms with Crippen molar-refractivity contribution >= 4 is 28.7 Å². The van der Waals surface area contributed by atoms with Gasteiger partial charge in [0.25, 0.3) is 0 Å². The van der Waals surface area contributed by atoms with Crippen molar-refractivity contribution in [3.05, 3.63) is 44.8 Å². The predicted octanol–water partition coefficient (Wildman–Crippen LogP) is 4.12. The second kappa shape index (κ2) is 6.62. The molecule has 3 rings (SSSR count). The number of rotatable bonds is 5. The number of hydrogen-bond acceptors (Lipinski definition) is 3. The number of amides is 2. The highest BCUT2D eigenvalue weighted by Gasteiger charge is 2.36. The number of nitrogens with one attached hydrogen (secondary N) is 2. The fraction of sp³-hybridized carbons (Fsp3) is 0.438. The molecule has 1 fully saturated rings. The number of hydrogen-bond donors (Lipinski definition) is 2. The lowest BCUT2D eigenvalue weighted by Gasteiger charge is -2.28. The van der Waals surface area contributed by atoms with E-state index in [1.54, 1.807) is 11.3 Å². The first-order chi connectivity index (χ1) is 10.3. The van der Waals surface area contributed by atoms with Crippen molar-refractivity contribution in [2.24, 2.45) is 0 Å². The average Bonchev–Trinajstić information content (AvgIpc) is 3.25. The summed E-state index contributed by atoms with van der Waals surface area (Å²) in [5.41, 5.74) is 0.161. The van der Waals surface area contributed by atoms with Crippen LogP contribution in [0.2, 0.25) is 0 Å². The van der Waals surface area contributed by atoms with E-state index in [1.807, 2.05) is 28.8 Å². The Labute approximate surface area is 133 Å². The Morgan fingerprint density at radius 3 is 2.52 bits per heavy atom. The smallest absolute Gasteiger partial charge is 0.315 e. The number of thiophene rings is 2. The van der Waals surface area contributed by atoms with Crippen molar-refractivity contribution in [3.8, 4) is 0 Å². The highest BCUT2D eigenvalue weighted by atomic mass is 32.1. The maximum absolute atomic E-state index is 12.0. The first kappa shape index (κ1) is 14.6. The van der Waals surface area contributed by atoms with Gasteiger partial charge in [0, 0.05) is 21.7 Å². The van der Waals surface area contributed by atoms with Gasteiger partial charge in [-0.15, -0.1) is 22.7 Å². The molecule has 0 radical (unpaired) electrons. The average molecular weight is 320 g/mol. The molecule has 1 saturated carbocycles. The fourth-order valence-electron chi connectivity index (χ4n) is 3.03. The van der Waals surface area contributed by atoms with E-state index in [0.717, 1.165) is 6.54 Å². The van der Waals surface area contributed by atoms with Crippen molar-refractivity contribution in [2.75, 3.05) is 6.54 Å². The first-order valence-electron chi connectivity index (χ1n) is 7.37. The van der Waals surface area contributed by atoms with Gasteiger partial charge in [-0.25, -0.2) is 4.79 Å². The third kappa shape index (κ3) is 3.47. The Kier molecular flexibility index (Phi) is 4.60. The summed E-state index contributed by atoms with van der Waals surface area (Å²) in [6.07, 6.45) is 4.88. The summed E-state index contributed by atoms with van der Waals surface area (Å²) in [6.45, 7) is 1.35. The van der Waals surface area contributed by atoms with Crippen molar-refractivity contribution in [3.63, 3.8) is 0 Å². The minimum Gasteiger partial charge on any atom is -0.337 e. The van der Waals surface area contributed by atoms with Gasteiger partial charge in [0.2, 0.25) is 0 Å². The third-order valence-corrected chi connectivity index (χ3v) is 6.19. The maximum atomic E-state index is 12.0. The molecule has 0 aliphatic heterocycles. The molecular weight excluding hydrogens is 300 g/mol. The zero-order valence-electron chi connectivity index (χ0n) is 11.9. The van der Waals surface area contributed by atoms with Crippen LogP contribution in [-0.4, -0.2) is 12.6 Å². The van der Waals surface area contributed by atoms with E-state index in [1.165, 1.54) is 35.4 Å². The van der Waals surface area contributed by atoms with Gasteiger partial charge in [-0.05, 0) is 35.7 Å². The Morgan fingerprint density at radius 1 is 1.10 bits per heavy atom. The molecule has 2 heterocycles. The van der Waals surface area contributed by atoms with Crippen molar-refractivity contribution in [1.82, 2.24) is 10.6 Å². The van der Waals surface area contributed by atoms with Crippen LogP contribution in [0.15, 0.2) is 35.0 Å². The molecule has 0 unspecified atom stereocenters. The number of carbonyl (C=O) groups excluding carboxylic acids is 1. The van der Waals surface area contributed by atoms with Gasteiger partial charge in [0.15, 0.2) is 0 Å². The monoisotopic (exact) mass is 320 g/mol. The van der Waals surface area contributed by atoms with Gasteiger partial charge in [-0.2, -0.15) is 0 Å². The molecule has 2 aromatic rings. The molecule has 2 N–H and O–H groups in total. The van der Waals surface area contributed by atoms with E-state index in [-0.39, 0.29) is 11.4 Å². The van der Waals surface area contributed by atoms with Gasteiger partial charge < -0.3 is 10.6 Å². The van der Waals surface area contributed by atoms with Crippen LogP contribution in [0.3, 0.4) is 0 Å². The molecule has 21 heavy (non-hydrogen) atoms. The van der Waals surface area contributed by atoms with Gasteiger partial charge in [0.05, 0.1) is 6.54 Å². The lowest BCUT2D eigenvalue weighted by molar-refractivity contribution is 0.237. The lowest BCUT2D eigenvalue weighted by atomic mass is 9.84. The Balaban J connectivity index is 1.54. The van der Waals surface area contributed by atoms with Crippen molar-refractivity contribution in [1.29, 1.82) is 0 Å². The molecule has 5 heteroatoms. The predicted molar refractivity (Wildman–Crippen MR) is 89.0 cm³/mol. The molecule has 0 bridgehead atoms. The quantitative estimate of drug-likeness (QED) is 0.855. The molecule has 112 valence electrons. The van der Waals surface area contributed by atoms with Gasteiger partial charge in [-0.3, -0.25) is 0 Å². The first-order valence-corrected chi connectivity index (χ1v) is 9.13. The minimum atomic E-state index is -0.0637. The molecule has 2 amide bonds. The standard InChI is InChI=1S/C16H20N2OS2/c19-15(17-11-13-5-3-9-20-13)18-12-16(7-1-2-8-16)14-6-4-10-21-14/h3-6,9-10H,1-2,7-8,11-12H2,(H2,17,18,19). The third-order valence-electron chi connectivity index (χ3n) is 4.20. The van der Waals surface area contributed by atoms with E-state index in [4.69, 9.17) is 0 Å². The second-order valence-corrected chi connectivity index (χ2v) is 7.56. The summed E-state index contributed by atoms with van der Waals surface area (Å²) < 4.78 is 0. The highest BCUT2D eigenvalue weighted by molar-refractivity contribution is 7.10. The topological polar surface area (TPSA) is 41.1 Å². The van der Waals surface area contributed by atoms with Crippen LogP contribution in [0.25, 0.3) is 0 Å². The Bertz CT molecular complexity index is 557. The van der Waals surface area contributed by atoms with Crippen LogP contribution < -0.4 is 10.6 Å². The fourth-order valence-corrected chi connectivity index (χ4v) is 4.67. The SMILES string of the molecule is O=C(NCc1cccs1)NCC1(c2cccs2)CCCC1. The number of carbonyl (C=O) groups is 1. The minimum absolute atomic E-state index is 0.0637. The lowest BCUT2D eigenvalue weighted by Crippen LogP contribution is -2.43. The molecule has 1 aliphatic rings. The maximum Gasteiger partial charge on any atom is 0.315 e. The Morgan fingerprint density at radius 2 is 1.86 bits per heavy atom. The van der Waals surface area contributed by atoms with E-state index in [9.17, 15) is 4.79 Å². The summed E-state index contributed by atoms with van der Waals surface area (Å²) in [6, 6.07) is 8.29. The van der Waals surface area contributed by atoms with Gasteiger partial charge >= 0.3 is 6.03 Å². The highest BCUT2D eigenvalue weighted by Crippen LogP contribution is 2.42. The summed E-state index contributed by atoms with van der Waals surface area (Å²) in [7, 11) is 0. The van der Waals surface area contributed by atoms with Crippen LogP contribution in [0.1, 0.15) is 35.4 Å². The normalized spacial score (nSPS) is 16.8. The zero-order chi connectivity index (χ0) is 14.5. The number of urea groups is 1. The summed E-state index contributed by atoms with van der Waals surface area (Å²) in [4.78, 5) is 14.6. The molecule has 3 nitrogen and oxygen atoms in total. The van der Waals surface area contributed by atoms with E-state index in [0.29, 0.717) is 6.54 Å². The summed E-state index contributed by atoms with van der Waals surface area (Å²) in [5.74, 6) is 0. The van der Waals surface area contributed by atoms with Crippen molar-refractivity contribution < 1.29 is 4.79 Å². The van der Waals surface area contributed by atoms with Crippen LogP contribution in [0.4, 0.5) is 4.79 Å². The Hall–Kier alpha value is -1.33. The molecule has 2 aromatic heterocycles. The molecule has 0 aromatic carbocycles. The van der Waals surface area contributed by atoms with Crippen LogP contribution >= 0.6 is 22.7 Å². The van der Waals surface area contributed by atoms with E-state index >= 15 is 0 Å². The zero-order valence-corrected chi connectivity index (χ0v) is 13.6. The van der Waals surface area contributed by atoms with E-state index in [2.05, 4.69) is 28.1 Å². The van der Waals surface area contributed by atoms with Crippen molar-refractivity contribution in [2.45, 2.75) is 37.6 Å². The van der Waals surface area contributed by atoms with Gasteiger partial charge in [-0.1, -0.05) is 25.0 Å². The molecule has 0 atom stereocenters. The van der Waals surface area contributed by atoms with Crippen LogP contribution in [-0.2, 0) is 12.0 Å². The summed E-state index contributed by atoms with van der Waals surface area (Å²) in [5, 5.41) is 10.2. The molecule has 0 saturated heterocycles. The van der Waals surface area contributed by atoms with Crippen LogP contribution in [0.5, 0.6) is 0 Å². The largest absolute Gasteiger partial charge is 0.337 e. The van der Waals surface area contributed by atoms with Gasteiger partial charge in [0.1, 0.15) is 0 Å². The molecule has 1 aliphatic carbocycles. The molecular formula is C16H20N2OS2. The van der Waals surface area contributed by atoms with E-state index < -0.39 is 0 Å².